The molecule has 1 N–H and O–H groups in total. The highest BCUT2D eigenvalue weighted by atomic mass is 16.5. The number of aromatic nitrogens is 1. The van der Waals surface area contributed by atoms with E-state index in [2.05, 4.69) is 49.4 Å². The van der Waals surface area contributed by atoms with Crippen molar-refractivity contribution >= 4 is 0 Å². The van der Waals surface area contributed by atoms with Crippen molar-refractivity contribution in [1.82, 2.24) is 10.5 Å². The molecule has 0 saturated heterocycles. The fraction of sp³-hybridized carbons (Fsp3) is 0.357. The zero-order valence-electron chi connectivity index (χ0n) is 10.5. The third-order valence-electron chi connectivity index (χ3n) is 2.98. The topological polar surface area (TPSA) is 38.1 Å². The molecule has 0 saturated carbocycles. The summed E-state index contributed by atoms with van der Waals surface area (Å²) in [7, 11) is 0. The van der Waals surface area contributed by atoms with Gasteiger partial charge in [0, 0.05) is 18.7 Å². The van der Waals surface area contributed by atoms with Gasteiger partial charge in [0.1, 0.15) is 6.26 Å². The second-order valence-corrected chi connectivity index (χ2v) is 4.45. The lowest BCUT2D eigenvalue weighted by Gasteiger charge is -2.16. The second kappa shape index (κ2) is 5.15. The van der Waals surface area contributed by atoms with Gasteiger partial charge in [-0.15, -0.1) is 0 Å². The lowest BCUT2D eigenvalue weighted by molar-refractivity contribution is 0.406. The number of aryl methyl sites for hydroxylation is 2. The summed E-state index contributed by atoms with van der Waals surface area (Å²) in [5, 5.41) is 7.33. The molecule has 0 spiro atoms. The molecule has 0 aliphatic carbocycles. The summed E-state index contributed by atoms with van der Waals surface area (Å²) in [5.41, 5.74) is 4.88. The van der Waals surface area contributed by atoms with Gasteiger partial charge in [0.05, 0.1) is 5.69 Å². The quantitative estimate of drug-likeness (QED) is 0.876. The SMILES string of the molecule is Cc1ccc(C)c(C(C)NCc2ccon2)c1. The van der Waals surface area contributed by atoms with E-state index < -0.39 is 0 Å². The van der Waals surface area contributed by atoms with E-state index in [0.717, 1.165) is 12.2 Å². The van der Waals surface area contributed by atoms with Gasteiger partial charge in [0.15, 0.2) is 0 Å². The molecule has 0 amide bonds. The summed E-state index contributed by atoms with van der Waals surface area (Å²) in [5.74, 6) is 0. The van der Waals surface area contributed by atoms with E-state index in [-0.39, 0.29) is 0 Å². The van der Waals surface area contributed by atoms with E-state index in [1.54, 1.807) is 6.26 Å². The molecule has 0 aliphatic rings. The number of hydrogen-bond donors (Lipinski definition) is 1. The summed E-state index contributed by atoms with van der Waals surface area (Å²) < 4.78 is 4.81. The van der Waals surface area contributed by atoms with Gasteiger partial charge in [-0.3, -0.25) is 0 Å². The van der Waals surface area contributed by atoms with Gasteiger partial charge in [-0.2, -0.15) is 0 Å². The molecule has 0 radical (unpaired) electrons. The van der Waals surface area contributed by atoms with E-state index >= 15 is 0 Å². The lowest BCUT2D eigenvalue weighted by Crippen LogP contribution is -2.19. The van der Waals surface area contributed by atoms with Crippen LogP contribution >= 0.6 is 0 Å². The van der Waals surface area contributed by atoms with E-state index in [9.17, 15) is 0 Å². The molecular weight excluding hydrogens is 212 g/mol. The van der Waals surface area contributed by atoms with Crippen molar-refractivity contribution in [2.45, 2.75) is 33.4 Å². The Morgan fingerprint density at radius 1 is 1.29 bits per heavy atom. The second-order valence-electron chi connectivity index (χ2n) is 4.45. The van der Waals surface area contributed by atoms with Gasteiger partial charge in [0.25, 0.3) is 0 Å². The Morgan fingerprint density at radius 2 is 2.12 bits per heavy atom. The molecule has 2 aromatic rings. The van der Waals surface area contributed by atoms with Crippen LogP contribution in [0, 0.1) is 13.8 Å². The fourth-order valence-corrected chi connectivity index (χ4v) is 1.92. The average molecular weight is 230 g/mol. The van der Waals surface area contributed by atoms with Crippen LogP contribution in [0.3, 0.4) is 0 Å². The van der Waals surface area contributed by atoms with Crippen LogP contribution in [0.1, 0.15) is 35.3 Å². The first-order valence-electron chi connectivity index (χ1n) is 5.86. The minimum atomic E-state index is 0.312. The molecule has 1 aromatic carbocycles. The highest BCUT2D eigenvalue weighted by Gasteiger charge is 2.08. The molecule has 90 valence electrons. The van der Waals surface area contributed by atoms with Gasteiger partial charge < -0.3 is 9.84 Å². The molecule has 1 unspecified atom stereocenters. The molecule has 0 fully saturated rings. The van der Waals surface area contributed by atoms with Crippen LogP contribution in [0.25, 0.3) is 0 Å². The van der Waals surface area contributed by atoms with Gasteiger partial charge in [-0.25, -0.2) is 0 Å². The van der Waals surface area contributed by atoms with Crippen LogP contribution in [0.15, 0.2) is 35.1 Å². The Hall–Kier alpha value is -1.61. The highest BCUT2D eigenvalue weighted by Crippen LogP contribution is 2.19. The first-order valence-corrected chi connectivity index (χ1v) is 5.86. The van der Waals surface area contributed by atoms with Gasteiger partial charge in [-0.1, -0.05) is 28.9 Å². The number of rotatable bonds is 4. The van der Waals surface area contributed by atoms with E-state index in [1.165, 1.54) is 16.7 Å². The van der Waals surface area contributed by atoms with E-state index in [4.69, 9.17) is 4.52 Å². The van der Waals surface area contributed by atoms with Crippen LogP contribution < -0.4 is 5.32 Å². The number of nitrogens with zero attached hydrogens (tertiary/aromatic N) is 1. The average Bonchev–Trinajstić information content (AvgIpc) is 2.82. The highest BCUT2D eigenvalue weighted by molar-refractivity contribution is 5.32. The predicted octanol–water partition coefficient (Wildman–Crippen LogP) is 3.14. The Bertz CT molecular complexity index is 477. The standard InChI is InChI=1S/C14H18N2O/c1-10-4-5-11(2)14(8-10)12(3)15-9-13-6-7-17-16-13/h4-8,12,15H,9H2,1-3H3. The maximum atomic E-state index is 4.81. The molecular formula is C14H18N2O. The van der Waals surface area contributed by atoms with Gasteiger partial charge >= 0.3 is 0 Å². The summed E-state index contributed by atoms with van der Waals surface area (Å²) >= 11 is 0. The largest absolute Gasteiger partial charge is 0.364 e. The maximum Gasteiger partial charge on any atom is 0.124 e. The third-order valence-corrected chi connectivity index (χ3v) is 2.98. The molecule has 3 nitrogen and oxygen atoms in total. The van der Waals surface area contributed by atoms with Crippen LogP contribution in [-0.2, 0) is 6.54 Å². The molecule has 0 bridgehead atoms. The fourth-order valence-electron chi connectivity index (χ4n) is 1.92. The van der Waals surface area contributed by atoms with Crippen molar-refractivity contribution in [2.24, 2.45) is 0 Å². The van der Waals surface area contributed by atoms with Gasteiger partial charge in [0.2, 0.25) is 0 Å². The van der Waals surface area contributed by atoms with Crippen molar-refractivity contribution in [1.29, 1.82) is 0 Å². The third kappa shape index (κ3) is 2.94. The van der Waals surface area contributed by atoms with Crippen molar-refractivity contribution in [3.63, 3.8) is 0 Å². The first-order chi connectivity index (χ1) is 8.16. The monoisotopic (exact) mass is 230 g/mol. The molecule has 2 rings (SSSR count). The molecule has 3 heteroatoms. The zero-order valence-corrected chi connectivity index (χ0v) is 10.5. The lowest BCUT2D eigenvalue weighted by atomic mass is 10.00. The molecule has 1 atom stereocenters. The van der Waals surface area contributed by atoms with Crippen LogP contribution in [0.4, 0.5) is 0 Å². The number of hydrogen-bond acceptors (Lipinski definition) is 3. The summed E-state index contributed by atoms with van der Waals surface area (Å²) in [6, 6.07) is 8.73. The molecule has 1 aromatic heterocycles. The van der Waals surface area contributed by atoms with Crippen molar-refractivity contribution in [3.05, 3.63) is 52.9 Å². The summed E-state index contributed by atoms with van der Waals surface area (Å²) in [6.07, 6.45) is 1.60. The van der Waals surface area contributed by atoms with Crippen molar-refractivity contribution in [3.8, 4) is 0 Å². The number of benzene rings is 1. The summed E-state index contributed by atoms with van der Waals surface area (Å²) in [6.45, 7) is 7.16. The van der Waals surface area contributed by atoms with E-state index in [0.29, 0.717) is 6.04 Å². The van der Waals surface area contributed by atoms with E-state index in [1.807, 2.05) is 6.07 Å². The minimum absolute atomic E-state index is 0.312. The molecule has 1 heterocycles. The Kier molecular flexibility index (Phi) is 3.59. The Labute approximate surface area is 102 Å². The van der Waals surface area contributed by atoms with Gasteiger partial charge in [-0.05, 0) is 31.9 Å². The smallest absolute Gasteiger partial charge is 0.124 e. The summed E-state index contributed by atoms with van der Waals surface area (Å²) in [4.78, 5) is 0. The molecule has 0 aliphatic heterocycles. The molecule has 17 heavy (non-hydrogen) atoms. The van der Waals surface area contributed by atoms with Crippen LogP contribution in [-0.4, -0.2) is 5.16 Å². The Balaban J connectivity index is 2.04. The normalized spacial score (nSPS) is 12.6. The van der Waals surface area contributed by atoms with Crippen LogP contribution in [0.2, 0.25) is 0 Å². The van der Waals surface area contributed by atoms with Crippen molar-refractivity contribution < 1.29 is 4.52 Å². The van der Waals surface area contributed by atoms with Crippen LogP contribution in [0.5, 0.6) is 0 Å². The number of nitrogens with one attached hydrogen (secondary N) is 1. The predicted molar refractivity (Wildman–Crippen MR) is 67.7 cm³/mol. The Morgan fingerprint density at radius 3 is 2.82 bits per heavy atom. The maximum absolute atomic E-state index is 4.81. The first kappa shape index (κ1) is 11.9. The minimum Gasteiger partial charge on any atom is -0.364 e. The van der Waals surface area contributed by atoms with Crippen molar-refractivity contribution in [2.75, 3.05) is 0 Å². The zero-order chi connectivity index (χ0) is 12.3.